The Bertz CT molecular complexity index is 373. The summed E-state index contributed by atoms with van der Waals surface area (Å²) >= 11 is 0. The first-order chi connectivity index (χ1) is 9.70. The Balaban J connectivity index is 1.63. The van der Waals surface area contributed by atoms with E-state index >= 15 is 0 Å². The minimum absolute atomic E-state index is 0.127. The molecular formula is C17H27NO2. The Labute approximate surface area is 122 Å². The molecule has 3 nitrogen and oxygen atoms in total. The van der Waals surface area contributed by atoms with Gasteiger partial charge in [0.05, 0.1) is 0 Å². The Hall–Kier alpha value is -0.860. The lowest BCUT2D eigenvalue weighted by molar-refractivity contribution is -0.145. The molecule has 0 heterocycles. The highest BCUT2D eigenvalue weighted by Gasteiger charge is 2.49. The van der Waals surface area contributed by atoms with E-state index in [9.17, 15) is 9.59 Å². The number of imide groups is 1. The molecule has 0 spiro atoms. The maximum Gasteiger partial charge on any atom is 0.232 e. The third-order valence-corrected chi connectivity index (χ3v) is 6.21. The van der Waals surface area contributed by atoms with Gasteiger partial charge in [0.15, 0.2) is 0 Å². The van der Waals surface area contributed by atoms with E-state index in [0.717, 1.165) is 12.3 Å². The number of amides is 2. The second-order valence-corrected chi connectivity index (χ2v) is 7.32. The molecule has 2 bridgehead atoms. The number of carbonyl (C=O) groups excluding carboxylic acids is 2. The van der Waals surface area contributed by atoms with Crippen LogP contribution in [0.5, 0.6) is 0 Å². The van der Waals surface area contributed by atoms with Crippen molar-refractivity contribution < 1.29 is 9.59 Å². The summed E-state index contributed by atoms with van der Waals surface area (Å²) in [7, 11) is 0. The summed E-state index contributed by atoms with van der Waals surface area (Å²) in [5, 5.41) is 0. The minimum Gasteiger partial charge on any atom is -0.285 e. The predicted molar refractivity (Wildman–Crippen MR) is 77.8 cm³/mol. The first-order valence-electron chi connectivity index (χ1n) is 8.46. The second kappa shape index (κ2) is 5.87. The van der Waals surface area contributed by atoms with Crippen LogP contribution in [0, 0.1) is 29.6 Å². The molecule has 20 heavy (non-hydrogen) atoms. The summed E-state index contributed by atoms with van der Waals surface area (Å²) in [6, 6.07) is 0. The van der Waals surface area contributed by atoms with Crippen molar-refractivity contribution in [1.29, 1.82) is 0 Å². The first-order valence-corrected chi connectivity index (χ1v) is 8.46. The SMILES string of the molecule is C[C@H]1C2CCC(C2)[C@H]1C(=O)N(C=O)CC1CCCCC1. The molecule has 0 aliphatic heterocycles. The van der Waals surface area contributed by atoms with Crippen LogP contribution in [0.1, 0.15) is 58.3 Å². The summed E-state index contributed by atoms with van der Waals surface area (Å²) in [5.41, 5.74) is 0. The average Bonchev–Trinajstić information content (AvgIpc) is 3.06. The van der Waals surface area contributed by atoms with Gasteiger partial charge in [-0.3, -0.25) is 14.5 Å². The normalized spacial score (nSPS) is 37.0. The van der Waals surface area contributed by atoms with Crippen LogP contribution in [-0.2, 0) is 9.59 Å². The lowest BCUT2D eigenvalue weighted by Crippen LogP contribution is -2.42. The van der Waals surface area contributed by atoms with Gasteiger partial charge in [0.25, 0.3) is 0 Å². The van der Waals surface area contributed by atoms with Crippen LogP contribution in [0.4, 0.5) is 0 Å². The van der Waals surface area contributed by atoms with Crippen molar-refractivity contribution in [1.82, 2.24) is 4.90 Å². The zero-order chi connectivity index (χ0) is 14.1. The van der Waals surface area contributed by atoms with Crippen molar-refractivity contribution in [3.05, 3.63) is 0 Å². The summed E-state index contributed by atoms with van der Waals surface area (Å²) in [6.45, 7) is 2.89. The molecule has 2 amide bonds. The lowest BCUT2D eigenvalue weighted by atomic mass is 9.79. The van der Waals surface area contributed by atoms with Crippen LogP contribution in [0.15, 0.2) is 0 Å². The molecule has 3 aliphatic carbocycles. The molecule has 2 unspecified atom stereocenters. The zero-order valence-corrected chi connectivity index (χ0v) is 12.6. The quantitative estimate of drug-likeness (QED) is 0.740. The Kier molecular flexibility index (Phi) is 4.13. The number of nitrogens with zero attached hydrogens (tertiary/aromatic N) is 1. The molecule has 3 heteroatoms. The molecule has 0 radical (unpaired) electrons. The fourth-order valence-electron chi connectivity index (χ4n) is 5.03. The highest BCUT2D eigenvalue weighted by Crippen LogP contribution is 2.52. The van der Waals surface area contributed by atoms with E-state index in [1.54, 1.807) is 0 Å². The minimum atomic E-state index is 0.127. The largest absolute Gasteiger partial charge is 0.285 e. The van der Waals surface area contributed by atoms with Crippen molar-refractivity contribution in [3.8, 4) is 0 Å². The van der Waals surface area contributed by atoms with E-state index < -0.39 is 0 Å². The van der Waals surface area contributed by atoms with Gasteiger partial charge in [-0.15, -0.1) is 0 Å². The fourth-order valence-corrected chi connectivity index (χ4v) is 5.03. The molecule has 3 saturated carbocycles. The third-order valence-electron chi connectivity index (χ3n) is 6.21. The van der Waals surface area contributed by atoms with Crippen molar-refractivity contribution >= 4 is 12.3 Å². The highest BCUT2D eigenvalue weighted by molar-refractivity contribution is 5.88. The molecule has 3 aliphatic rings. The van der Waals surface area contributed by atoms with Gasteiger partial charge in [0.2, 0.25) is 12.3 Å². The van der Waals surface area contributed by atoms with Crippen LogP contribution < -0.4 is 0 Å². The van der Waals surface area contributed by atoms with E-state index in [4.69, 9.17) is 0 Å². The lowest BCUT2D eigenvalue weighted by Gasteiger charge is -2.32. The number of hydrogen-bond acceptors (Lipinski definition) is 2. The van der Waals surface area contributed by atoms with E-state index in [1.807, 2.05) is 0 Å². The van der Waals surface area contributed by atoms with Crippen molar-refractivity contribution in [2.24, 2.45) is 29.6 Å². The molecule has 0 aromatic heterocycles. The van der Waals surface area contributed by atoms with E-state index in [0.29, 0.717) is 24.3 Å². The maximum absolute atomic E-state index is 12.7. The van der Waals surface area contributed by atoms with Crippen LogP contribution in [0.3, 0.4) is 0 Å². The Morgan fingerprint density at radius 2 is 1.80 bits per heavy atom. The van der Waals surface area contributed by atoms with Crippen molar-refractivity contribution in [2.45, 2.75) is 58.3 Å². The van der Waals surface area contributed by atoms with Crippen LogP contribution in [0.2, 0.25) is 0 Å². The average molecular weight is 277 g/mol. The molecule has 0 saturated heterocycles. The Morgan fingerprint density at radius 1 is 1.10 bits per heavy atom. The Morgan fingerprint density at radius 3 is 2.40 bits per heavy atom. The van der Waals surface area contributed by atoms with E-state index in [2.05, 4.69) is 6.92 Å². The summed E-state index contributed by atoms with van der Waals surface area (Å²) in [6.07, 6.45) is 10.7. The van der Waals surface area contributed by atoms with Crippen LogP contribution >= 0.6 is 0 Å². The van der Waals surface area contributed by atoms with Crippen molar-refractivity contribution in [3.63, 3.8) is 0 Å². The van der Waals surface area contributed by atoms with Gasteiger partial charge < -0.3 is 0 Å². The smallest absolute Gasteiger partial charge is 0.232 e. The van der Waals surface area contributed by atoms with E-state index in [1.165, 1.54) is 56.3 Å². The molecule has 3 rings (SSSR count). The van der Waals surface area contributed by atoms with Gasteiger partial charge in [-0.25, -0.2) is 0 Å². The highest BCUT2D eigenvalue weighted by atomic mass is 16.2. The topological polar surface area (TPSA) is 37.4 Å². The van der Waals surface area contributed by atoms with Gasteiger partial charge in [-0.1, -0.05) is 26.2 Å². The molecule has 4 atom stereocenters. The van der Waals surface area contributed by atoms with Crippen molar-refractivity contribution in [2.75, 3.05) is 6.54 Å². The van der Waals surface area contributed by atoms with Gasteiger partial charge in [-0.05, 0) is 55.8 Å². The van der Waals surface area contributed by atoms with Gasteiger partial charge in [0.1, 0.15) is 0 Å². The summed E-state index contributed by atoms with van der Waals surface area (Å²) in [5.74, 6) is 2.57. The van der Waals surface area contributed by atoms with Gasteiger partial charge in [-0.2, -0.15) is 0 Å². The standard InChI is InChI=1S/C17H27NO2/c1-12-14-7-8-15(9-14)16(12)17(20)18(11-19)10-13-5-3-2-4-6-13/h11-16H,2-10H2,1H3/t12-,14?,15?,16-/m0/s1. The third kappa shape index (κ3) is 2.51. The maximum atomic E-state index is 12.7. The number of hydrogen-bond donors (Lipinski definition) is 0. The van der Waals surface area contributed by atoms with Crippen LogP contribution in [0.25, 0.3) is 0 Å². The fraction of sp³-hybridized carbons (Fsp3) is 0.882. The van der Waals surface area contributed by atoms with Gasteiger partial charge in [0, 0.05) is 12.5 Å². The molecule has 112 valence electrons. The van der Waals surface area contributed by atoms with Gasteiger partial charge >= 0.3 is 0 Å². The number of rotatable bonds is 4. The molecular weight excluding hydrogens is 250 g/mol. The van der Waals surface area contributed by atoms with E-state index in [-0.39, 0.29) is 11.8 Å². The number of carbonyl (C=O) groups is 2. The molecule has 0 aromatic rings. The number of fused-ring (bicyclic) bond motifs is 2. The molecule has 0 N–H and O–H groups in total. The predicted octanol–water partition coefficient (Wildman–Crippen LogP) is 3.23. The molecule has 3 fully saturated rings. The molecule has 0 aromatic carbocycles. The van der Waals surface area contributed by atoms with Crippen LogP contribution in [-0.4, -0.2) is 23.8 Å². The summed E-state index contributed by atoms with van der Waals surface area (Å²) in [4.78, 5) is 25.7. The summed E-state index contributed by atoms with van der Waals surface area (Å²) < 4.78 is 0. The zero-order valence-electron chi connectivity index (χ0n) is 12.6. The second-order valence-electron chi connectivity index (χ2n) is 7.32. The first kappa shape index (κ1) is 14.1. The monoisotopic (exact) mass is 277 g/mol.